The van der Waals surface area contributed by atoms with E-state index in [1.165, 1.54) is 0 Å². The molecule has 1 aromatic carbocycles. The van der Waals surface area contributed by atoms with E-state index in [9.17, 15) is 14.7 Å². The minimum atomic E-state index is -0.233. The number of carbonyl (C=O) groups excluding carboxylic acids is 2. The van der Waals surface area contributed by atoms with Crippen molar-refractivity contribution in [3.63, 3.8) is 0 Å². The van der Waals surface area contributed by atoms with Gasteiger partial charge in [-0.1, -0.05) is 0 Å². The molecule has 1 saturated carbocycles. The predicted molar refractivity (Wildman–Crippen MR) is 107 cm³/mol. The van der Waals surface area contributed by atoms with Crippen LogP contribution < -0.4 is 10.1 Å². The fraction of sp³-hybridized carbons (Fsp3) is 0.636. The minimum absolute atomic E-state index is 0.0148. The van der Waals surface area contributed by atoms with Crippen LogP contribution in [0.25, 0.3) is 0 Å². The molecule has 1 aromatic rings. The molecule has 6 nitrogen and oxygen atoms in total. The van der Waals surface area contributed by atoms with Gasteiger partial charge in [-0.25, -0.2) is 0 Å². The van der Waals surface area contributed by atoms with Crippen molar-refractivity contribution in [1.29, 1.82) is 0 Å². The van der Waals surface area contributed by atoms with Gasteiger partial charge in [0.05, 0.1) is 6.10 Å². The molecule has 2 fully saturated rings. The molecule has 3 rings (SSSR count). The summed E-state index contributed by atoms with van der Waals surface area (Å²) in [4.78, 5) is 26.8. The lowest BCUT2D eigenvalue weighted by Crippen LogP contribution is -2.49. The van der Waals surface area contributed by atoms with E-state index in [2.05, 4.69) is 19.2 Å². The molecule has 2 unspecified atom stereocenters. The van der Waals surface area contributed by atoms with Gasteiger partial charge in [-0.2, -0.15) is 0 Å². The second kappa shape index (κ2) is 9.41. The van der Waals surface area contributed by atoms with E-state index < -0.39 is 0 Å². The van der Waals surface area contributed by atoms with Crippen LogP contribution in [0.1, 0.15) is 69.2 Å². The predicted octanol–water partition coefficient (Wildman–Crippen LogP) is 2.89. The zero-order valence-corrected chi connectivity index (χ0v) is 16.9. The largest absolute Gasteiger partial charge is 0.484 e. The van der Waals surface area contributed by atoms with Crippen LogP contribution in [0.3, 0.4) is 0 Å². The lowest BCUT2D eigenvalue weighted by molar-refractivity contribution is -0.139. The zero-order valence-electron chi connectivity index (χ0n) is 16.9. The summed E-state index contributed by atoms with van der Waals surface area (Å²) < 4.78 is 5.66. The molecule has 0 spiro atoms. The smallest absolute Gasteiger partial charge is 0.260 e. The number of piperidine rings is 1. The van der Waals surface area contributed by atoms with Gasteiger partial charge >= 0.3 is 0 Å². The Kier molecular flexibility index (Phi) is 6.94. The standard InChI is InChI=1S/C22H32N2O4/c1-15-4-3-5-16(2)24(15)21(26)14-28-20-12-6-17(7-13-20)22(27)23-18-8-10-19(25)11-9-18/h6-7,12-13,15-16,18-19,25H,3-5,8-11,14H2,1-2H3,(H,23,27). The molecule has 0 bridgehead atoms. The first kappa shape index (κ1) is 20.6. The molecule has 0 aromatic heterocycles. The van der Waals surface area contributed by atoms with Gasteiger partial charge in [0, 0.05) is 23.7 Å². The molecular weight excluding hydrogens is 356 g/mol. The van der Waals surface area contributed by atoms with Gasteiger partial charge in [0.2, 0.25) is 0 Å². The lowest BCUT2D eigenvalue weighted by atomic mass is 9.93. The monoisotopic (exact) mass is 388 g/mol. The van der Waals surface area contributed by atoms with Crippen LogP contribution in [0.5, 0.6) is 5.75 Å². The molecular formula is C22H32N2O4. The van der Waals surface area contributed by atoms with Crippen molar-refractivity contribution in [3.05, 3.63) is 29.8 Å². The number of likely N-dealkylation sites (tertiary alicyclic amines) is 1. The summed E-state index contributed by atoms with van der Waals surface area (Å²) in [6.07, 6.45) is 6.10. The van der Waals surface area contributed by atoms with Crippen molar-refractivity contribution in [2.24, 2.45) is 0 Å². The maximum absolute atomic E-state index is 12.5. The highest BCUT2D eigenvalue weighted by Gasteiger charge is 2.29. The van der Waals surface area contributed by atoms with Crippen molar-refractivity contribution in [1.82, 2.24) is 10.2 Å². The Bertz CT molecular complexity index is 658. The summed E-state index contributed by atoms with van der Waals surface area (Å²) in [5, 5.41) is 12.6. The van der Waals surface area contributed by atoms with Gasteiger partial charge < -0.3 is 20.1 Å². The Labute approximate surface area is 167 Å². The lowest BCUT2D eigenvalue weighted by Gasteiger charge is -2.38. The Hall–Kier alpha value is -2.08. The molecule has 6 heteroatoms. The molecule has 1 heterocycles. The molecule has 0 radical (unpaired) electrons. The highest BCUT2D eigenvalue weighted by Crippen LogP contribution is 2.23. The molecule has 1 saturated heterocycles. The van der Waals surface area contributed by atoms with Crippen LogP contribution in [-0.2, 0) is 4.79 Å². The van der Waals surface area contributed by atoms with Crippen LogP contribution in [-0.4, -0.2) is 52.7 Å². The third-order valence-corrected chi connectivity index (χ3v) is 5.99. The van der Waals surface area contributed by atoms with E-state index >= 15 is 0 Å². The second-order valence-electron chi connectivity index (χ2n) is 8.22. The molecule has 2 atom stereocenters. The number of aliphatic hydroxyl groups excluding tert-OH is 1. The SMILES string of the molecule is CC1CCCC(C)N1C(=O)COc1ccc(C(=O)NC2CCC(O)CC2)cc1. The van der Waals surface area contributed by atoms with E-state index in [0.29, 0.717) is 11.3 Å². The number of hydrogen-bond donors (Lipinski definition) is 2. The van der Waals surface area contributed by atoms with Crippen LogP contribution in [0, 0.1) is 0 Å². The first-order chi connectivity index (χ1) is 13.4. The van der Waals surface area contributed by atoms with Crippen molar-refractivity contribution in [3.8, 4) is 5.75 Å². The van der Waals surface area contributed by atoms with Crippen molar-refractivity contribution in [2.45, 2.75) is 83.0 Å². The number of nitrogens with zero attached hydrogens (tertiary/aromatic N) is 1. The second-order valence-corrected chi connectivity index (χ2v) is 8.22. The van der Waals surface area contributed by atoms with E-state index in [4.69, 9.17) is 4.74 Å². The fourth-order valence-electron chi connectivity index (χ4n) is 4.32. The summed E-state index contributed by atoms with van der Waals surface area (Å²) >= 11 is 0. The highest BCUT2D eigenvalue weighted by atomic mass is 16.5. The minimum Gasteiger partial charge on any atom is -0.484 e. The number of hydrogen-bond acceptors (Lipinski definition) is 4. The third kappa shape index (κ3) is 5.25. The van der Waals surface area contributed by atoms with Gasteiger partial charge in [-0.15, -0.1) is 0 Å². The van der Waals surface area contributed by atoms with E-state index in [-0.39, 0.29) is 42.7 Å². The van der Waals surface area contributed by atoms with Crippen LogP contribution in [0.15, 0.2) is 24.3 Å². The van der Waals surface area contributed by atoms with Gasteiger partial charge in [0.1, 0.15) is 5.75 Å². The Morgan fingerprint density at radius 1 is 1.04 bits per heavy atom. The van der Waals surface area contributed by atoms with E-state index in [1.54, 1.807) is 24.3 Å². The van der Waals surface area contributed by atoms with Crippen LogP contribution in [0.4, 0.5) is 0 Å². The number of ether oxygens (including phenoxy) is 1. The topological polar surface area (TPSA) is 78.9 Å². The Morgan fingerprint density at radius 2 is 1.64 bits per heavy atom. The van der Waals surface area contributed by atoms with Crippen molar-refractivity contribution >= 4 is 11.8 Å². The maximum Gasteiger partial charge on any atom is 0.260 e. The van der Waals surface area contributed by atoms with Crippen molar-refractivity contribution in [2.75, 3.05) is 6.61 Å². The highest BCUT2D eigenvalue weighted by molar-refractivity contribution is 5.94. The average molecular weight is 389 g/mol. The summed E-state index contributed by atoms with van der Waals surface area (Å²) in [6, 6.07) is 7.54. The zero-order chi connectivity index (χ0) is 20.1. The number of benzene rings is 1. The Balaban J connectivity index is 1.48. The third-order valence-electron chi connectivity index (χ3n) is 5.99. The fourth-order valence-corrected chi connectivity index (χ4v) is 4.32. The first-order valence-electron chi connectivity index (χ1n) is 10.5. The van der Waals surface area contributed by atoms with Crippen LogP contribution >= 0.6 is 0 Å². The molecule has 1 aliphatic carbocycles. The first-order valence-corrected chi connectivity index (χ1v) is 10.5. The van der Waals surface area contributed by atoms with Crippen molar-refractivity contribution < 1.29 is 19.4 Å². The quantitative estimate of drug-likeness (QED) is 0.813. The molecule has 1 aliphatic heterocycles. The molecule has 2 aliphatic rings. The number of aliphatic hydroxyl groups is 1. The molecule has 2 amide bonds. The van der Waals surface area contributed by atoms with E-state index in [1.807, 2.05) is 4.90 Å². The summed E-state index contributed by atoms with van der Waals surface area (Å²) in [5.41, 5.74) is 0.572. The van der Waals surface area contributed by atoms with Gasteiger partial charge in [0.15, 0.2) is 6.61 Å². The number of amides is 2. The molecule has 2 N–H and O–H groups in total. The normalized spacial score (nSPS) is 27.9. The number of nitrogens with one attached hydrogen (secondary N) is 1. The Morgan fingerprint density at radius 3 is 2.25 bits per heavy atom. The number of carbonyl (C=O) groups is 2. The maximum atomic E-state index is 12.5. The van der Waals surface area contributed by atoms with E-state index in [0.717, 1.165) is 44.9 Å². The summed E-state index contributed by atoms with van der Waals surface area (Å²) in [6.45, 7) is 4.20. The van der Waals surface area contributed by atoms with Crippen LogP contribution in [0.2, 0.25) is 0 Å². The molecule has 154 valence electrons. The number of rotatable bonds is 5. The summed E-state index contributed by atoms with van der Waals surface area (Å²) in [5.74, 6) is 0.490. The average Bonchev–Trinajstić information content (AvgIpc) is 2.68. The summed E-state index contributed by atoms with van der Waals surface area (Å²) in [7, 11) is 0. The van der Waals surface area contributed by atoms with Gasteiger partial charge in [0.25, 0.3) is 11.8 Å². The van der Waals surface area contributed by atoms with Gasteiger partial charge in [-0.05, 0) is 83.1 Å². The molecule has 28 heavy (non-hydrogen) atoms. The van der Waals surface area contributed by atoms with Gasteiger partial charge in [-0.3, -0.25) is 9.59 Å².